The monoisotopic (exact) mass is 313 g/mol. The van der Waals surface area contributed by atoms with Crippen LogP contribution in [0.4, 0.5) is 0 Å². The van der Waals surface area contributed by atoms with Crippen LogP contribution in [0.25, 0.3) is 10.6 Å². The molecule has 2 atom stereocenters. The number of nitrogens with zero attached hydrogens (tertiary/aromatic N) is 3. The Kier molecular flexibility index (Phi) is 3.68. The van der Waals surface area contributed by atoms with E-state index in [1.54, 1.807) is 11.3 Å². The molecule has 114 valence electrons. The molecule has 2 saturated heterocycles. The van der Waals surface area contributed by atoms with Gasteiger partial charge in [-0.05, 0) is 6.42 Å². The molecule has 5 heteroatoms. The van der Waals surface area contributed by atoms with E-state index in [1.807, 2.05) is 23.6 Å². The van der Waals surface area contributed by atoms with Crippen molar-refractivity contribution in [3.63, 3.8) is 0 Å². The van der Waals surface area contributed by atoms with Gasteiger partial charge in [0.25, 0.3) is 0 Å². The smallest absolute Gasteiger partial charge is 0.228 e. The maximum absolute atomic E-state index is 12.6. The number of hydrogen-bond acceptors (Lipinski definition) is 4. The van der Waals surface area contributed by atoms with Crippen molar-refractivity contribution in [1.82, 2.24) is 14.8 Å². The maximum atomic E-state index is 12.6. The molecule has 0 saturated carbocycles. The van der Waals surface area contributed by atoms with E-state index in [-0.39, 0.29) is 5.91 Å². The van der Waals surface area contributed by atoms with E-state index in [9.17, 15) is 4.79 Å². The molecule has 0 aliphatic carbocycles. The van der Waals surface area contributed by atoms with Crippen LogP contribution in [0.2, 0.25) is 0 Å². The van der Waals surface area contributed by atoms with Crippen LogP contribution < -0.4 is 0 Å². The second-order valence-corrected chi connectivity index (χ2v) is 6.88. The van der Waals surface area contributed by atoms with E-state index in [0.29, 0.717) is 12.5 Å². The lowest BCUT2D eigenvalue weighted by Gasteiger charge is -2.34. The van der Waals surface area contributed by atoms with Gasteiger partial charge in [-0.3, -0.25) is 9.69 Å². The molecule has 3 heterocycles. The Labute approximate surface area is 134 Å². The molecule has 0 spiro atoms. The number of hydrogen-bond donors (Lipinski definition) is 0. The van der Waals surface area contributed by atoms with Gasteiger partial charge < -0.3 is 4.90 Å². The lowest BCUT2D eigenvalue weighted by Crippen LogP contribution is -2.50. The van der Waals surface area contributed by atoms with E-state index in [2.05, 4.69) is 26.9 Å². The van der Waals surface area contributed by atoms with Crippen molar-refractivity contribution in [2.45, 2.75) is 18.9 Å². The Hall–Kier alpha value is -1.72. The molecule has 4 rings (SSSR count). The zero-order chi connectivity index (χ0) is 14.9. The summed E-state index contributed by atoms with van der Waals surface area (Å²) in [6.45, 7) is 4.09. The van der Waals surface area contributed by atoms with Gasteiger partial charge in [0.1, 0.15) is 5.01 Å². The lowest BCUT2D eigenvalue weighted by molar-refractivity contribution is -0.133. The van der Waals surface area contributed by atoms with Gasteiger partial charge in [-0.15, -0.1) is 11.3 Å². The van der Waals surface area contributed by atoms with Crippen molar-refractivity contribution in [2.75, 3.05) is 26.2 Å². The highest BCUT2D eigenvalue weighted by molar-refractivity contribution is 7.13. The maximum Gasteiger partial charge on any atom is 0.228 e. The summed E-state index contributed by atoms with van der Waals surface area (Å²) < 4.78 is 0. The first-order valence-corrected chi connectivity index (χ1v) is 8.69. The third-order valence-corrected chi connectivity index (χ3v) is 5.51. The number of thiazole rings is 1. The Morgan fingerprint density at radius 1 is 1.23 bits per heavy atom. The molecular formula is C17H19N3OS. The average Bonchev–Trinajstić information content (AvgIpc) is 3.16. The number of piperazine rings is 1. The molecule has 0 radical (unpaired) electrons. The summed E-state index contributed by atoms with van der Waals surface area (Å²) in [4.78, 5) is 21.7. The highest BCUT2D eigenvalue weighted by atomic mass is 32.1. The molecule has 2 fully saturated rings. The number of fused-ring (bicyclic) bond motifs is 2. The third-order valence-electron chi connectivity index (χ3n) is 4.57. The largest absolute Gasteiger partial charge is 0.337 e. The Bertz CT molecular complexity index is 670. The summed E-state index contributed by atoms with van der Waals surface area (Å²) in [6, 6.07) is 10.6. The lowest BCUT2D eigenvalue weighted by atomic mass is 10.1. The summed E-state index contributed by atoms with van der Waals surface area (Å²) in [5.41, 5.74) is 2.02. The number of amides is 1. The van der Waals surface area contributed by atoms with E-state index in [4.69, 9.17) is 0 Å². The summed E-state index contributed by atoms with van der Waals surface area (Å²) in [5.74, 6) is 0.233. The first-order valence-electron chi connectivity index (χ1n) is 7.81. The van der Waals surface area contributed by atoms with Gasteiger partial charge in [0, 0.05) is 43.2 Å². The summed E-state index contributed by atoms with van der Waals surface area (Å²) in [5, 5.41) is 3.01. The van der Waals surface area contributed by atoms with E-state index >= 15 is 0 Å². The minimum Gasteiger partial charge on any atom is -0.337 e. The fraction of sp³-hybridized carbons (Fsp3) is 0.412. The Morgan fingerprint density at radius 3 is 2.95 bits per heavy atom. The van der Waals surface area contributed by atoms with Gasteiger partial charge in [0.2, 0.25) is 5.91 Å². The molecule has 2 aliphatic heterocycles. The summed E-state index contributed by atoms with van der Waals surface area (Å²) in [6.07, 6.45) is 1.55. The molecule has 2 aromatic rings. The molecule has 22 heavy (non-hydrogen) atoms. The van der Waals surface area contributed by atoms with Gasteiger partial charge in [0.15, 0.2) is 0 Å². The quantitative estimate of drug-likeness (QED) is 0.872. The first-order chi connectivity index (χ1) is 10.8. The molecule has 0 N–H and O–H groups in total. The molecule has 2 unspecified atom stereocenters. The molecule has 4 nitrogen and oxygen atoms in total. The minimum atomic E-state index is 0.233. The van der Waals surface area contributed by atoms with Crippen molar-refractivity contribution in [1.29, 1.82) is 0 Å². The fourth-order valence-electron chi connectivity index (χ4n) is 3.39. The molecular weight excluding hydrogens is 294 g/mol. The van der Waals surface area contributed by atoms with Gasteiger partial charge in [-0.25, -0.2) is 4.98 Å². The number of carbonyl (C=O) groups is 1. The summed E-state index contributed by atoms with van der Waals surface area (Å²) in [7, 11) is 0. The number of rotatable bonds is 3. The number of aromatic nitrogens is 1. The van der Waals surface area contributed by atoms with Crippen molar-refractivity contribution in [2.24, 2.45) is 0 Å². The molecule has 1 amide bonds. The van der Waals surface area contributed by atoms with E-state index < -0.39 is 0 Å². The fourth-order valence-corrected chi connectivity index (χ4v) is 4.21. The first kappa shape index (κ1) is 13.9. The van der Waals surface area contributed by atoms with Crippen LogP contribution >= 0.6 is 11.3 Å². The van der Waals surface area contributed by atoms with Crippen LogP contribution in [0, 0.1) is 0 Å². The second kappa shape index (κ2) is 5.82. The standard InChI is InChI=1S/C17H19N3OS/c21-16(20-9-8-19-7-6-15(20)11-19)10-14-12-22-17(18-14)13-4-2-1-3-5-13/h1-5,12,15H,6-11H2. The number of carbonyl (C=O) groups excluding carboxylic acids is 1. The highest BCUT2D eigenvalue weighted by Gasteiger charge is 2.34. The molecule has 2 aliphatic rings. The van der Waals surface area contributed by atoms with Crippen LogP contribution in [0.15, 0.2) is 35.7 Å². The van der Waals surface area contributed by atoms with E-state index in [0.717, 1.165) is 48.9 Å². The van der Waals surface area contributed by atoms with Crippen molar-refractivity contribution < 1.29 is 4.79 Å². The minimum absolute atomic E-state index is 0.233. The number of benzene rings is 1. The molecule has 1 aromatic heterocycles. The Morgan fingerprint density at radius 2 is 2.09 bits per heavy atom. The van der Waals surface area contributed by atoms with Crippen LogP contribution in [0.3, 0.4) is 0 Å². The Balaban J connectivity index is 1.45. The van der Waals surface area contributed by atoms with Gasteiger partial charge in [0.05, 0.1) is 12.1 Å². The van der Waals surface area contributed by atoms with Crippen LogP contribution in [-0.4, -0.2) is 52.9 Å². The van der Waals surface area contributed by atoms with Crippen LogP contribution in [0.1, 0.15) is 12.1 Å². The van der Waals surface area contributed by atoms with Crippen molar-refractivity contribution in [3.05, 3.63) is 41.4 Å². The van der Waals surface area contributed by atoms with Crippen LogP contribution in [0.5, 0.6) is 0 Å². The predicted molar refractivity (Wildman–Crippen MR) is 87.8 cm³/mol. The van der Waals surface area contributed by atoms with Gasteiger partial charge >= 0.3 is 0 Å². The van der Waals surface area contributed by atoms with Gasteiger partial charge in [-0.1, -0.05) is 30.3 Å². The normalized spacial score (nSPS) is 23.7. The zero-order valence-corrected chi connectivity index (χ0v) is 13.3. The summed E-state index contributed by atoms with van der Waals surface area (Å²) >= 11 is 1.62. The van der Waals surface area contributed by atoms with E-state index in [1.165, 1.54) is 0 Å². The van der Waals surface area contributed by atoms with Crippen LogP contribution in [-0.2, 0) is 11.2 Å². The van der Waals surface area contributed by atoms with Crippen molar-refractivity contribution in [3.8, 4) is 10.6 Å². The third kappa shape index (κ3) is 2.66. The average molecular weight is 313 g/mol. The predicted octanol–water partition coefficient (Wildman–Crippen LogP) is 2.27. The second-order valence-electron chi connectivity index (χ2n) is 6.02. The molecule has 2 bridgehead atoms. The topological polar surface area (TPSA) is 36.4 Å². The van der Waals surface area contributed by atoms with Crippen molar-refractivity contribution >= 4 is 17.2 Å². The van der Waals surface area contributed by atoms with Gasteiger partial charge in [-0.2, -0.15) is 0 Å². The highest BCUT2D eigenvalue weighted by Crippen LogP contribution is 2.25. The molecule has 1 aromatic carbocycles. The SMILES string of the molecule is O=C(Cc1csc(-c2ccccc2)n1)N1CCN2CCC1C2. The zero-order valence-electron chi connectivity index (χ0n) is 12.4.